The molecule has 1 amide bonds. The van der Waals surface area contributed by atoms with Gasteiger partial charge in [-0.2, -0.15) is 0 Å². The van der Waals surface area contributed by atoms with Gasteiger partial charge in [0.05, 0.1) is 23.3 Å². The summed E-state index contributed by atoms with van der Waals surface area (Å²) in [5.41, 5.74) is 14.2. The number of ether oxygens (including phenoxy) is 1. The minimum atomic E-state index is -1.08. The second kappa shape index (κ2) is 10.00. The predicted octanol–water partition coefficient (Wildman–Crippen LogP) is 2.47. The number of azide groups is 2. The fourth-order valence-corrected chi connectivity index (χ4v) is 2.93. The molecule has 0 aromatic rings. The highest BCUT2D eigenvalue weighted by Gasteiger charge is 2.39. The van der Waals surface area contributed by atoms with Crippen molar-refractivity contribution in [3.63, 3.8) is 0 Å². The van der Waals surface area contributed by atoms with Crippen molar-refractivity contribution in [2.24, 2.45) is 10.2 Å². The molecule has 0 bridgehead atoms. The zero-order valence-corrected chi connectivity index (χ0v) is 17.7. The maximum absolute atomic E-state index is 11.9. The van der Waals surface area contributed by atoms with Gasteiger partial charge in [-0.1, -0.05) is 10.2 Å². The Morgan fingerprint density at radius 2 is 1.69 bits per heavy atom. The van der Waals surface area contributed by atoms with Crippen LogP contribution in [-0.2, 0) is 4.74 Å². The third-order valence-electron chi connectivity index (χ3n) is 4.90. The summed E-state index contributed by atoms with van der Waals surface area (Å²) < 4.78 is 5.24. The summed E-state index contributed by atoms with van der Waals surface area (Å²) in [5.74, 6) is 0. The third-order valence-corrected chi connectivity index (χ3v) is 4.90. The second-order valence-electron chi connectivity index (χ2n) is 8.79. The van der Waals surface area contributed by atoms with Crippen LogP contribution in [0.15, 0.2) is 10.2 Å². The lowest BCUT2D eigenvalue weighted by Crippen LogP contribution is -2.55. The quantitative estimate of drug-likeness (QED) is 0.357. The zero-order valence-electron chi connectivity index (χ0n) is 17.7. The largest absolute Gasteiger partial charge is 0.444 e. The van der Waals surface area contributed by atoms with E-state index in [1.807, 2.05) is 0 Å². The SMILES string of the molecule is CC(C)(C)OC(=O)N1CCC(C)(O)C(N=[N+]=[N-])C1.CC1(O)CCNCC1N=[N+]=[N-]. The van der Waals surface area contributed by atoms with Crippen LogP contribution in [-0.4, -0.2) is 76.3 Å². The Morgan fingerprint density at radius 3 is 2.21 bits per heavy atom. The van der Waals surface area contributed by atoms with Gasteiger partial charge in [0.25, 0.3) is 0 Å². The Hall–Kier alpha value is -2.23. The van der Waals surface area contributed by atoms with Gasteiger partial charge in [0.2, 0.25) is 0 Å². The number of hydrogen-bond acceptors (Lipinski definition) is 7. The Labute approximate surface area is 170 Å². The number of hydrogen-bond donors (Lipinski definition) is 3. The van der Waals surface area contributed by atoms with E-state index in [0.717, 1.165) is 6.54 Å². The summed E-state index contributed by atoms with van der Waals surface area (Å²) >= 11 is 0. The average Bonchev–Trinajstić information content (AvgIpc) is 2.58. The van der Waals surface area contributed by atoms with Crippen LogP contribution in [0, 0.1) is 0 Å². The molecular weight excluding hydrogens is 380 g/mol. The summed E-state index contributed by atoms with van der Waals surface area (Å²) in [4.78, 5) is 18.7. The molecule has 0 radical (unpaired) electrons. The van der Waals surface area contributed by atoms with Gasteiger partial charge in [0.1, 0.15) is 5.60 Å². The molecule has 164 valence electrons. The van der Waals surface area contributed by atoms with Crippen LogP contribution in [0.25, 0.3) is 20.9 Å². The highest BCUT2D eigenvalue weighted by atomic mass is 16.6. The first kappa shape index (κ1) is 24.8. The molecule has 29 heavy (non-hydrogen) atoms. The molecule has 4 unspecified atom stereocenters. The van der Waals surface area contributed by atoms with Gasteiger partial charge in [0.15, 0.2) is 0 Å². The first-order valence-corrected chi connectivity index (χ1v) is 9.54. The summed E-state index contributed by atoms with van der Waals surface area (Å²) in [5, 5.41) is 29.8. The molecule has 2 fully saturated rings. The van der Waals surface area contributed by atoms with Gasteiger partial charge in [-0.25, -0.2) is 4.79 Å². The van der Waals surface area contributed by atoms with Crippen molar-refractivity contribution in [3.8, 4) is 0 Å². The smallest absolute Gasteiger partial charge is 0.410 e. The molecule has 2 heterocycles. The van der Waals surface area contributed by atoms with Crippen molar-refractivity contribution >= 4 is 6.09 Å². The highest BCUT2D eigenvalue weighted by molar-refractivity contribution is 5.68. The average molecular weight is 412 g/mol. The molecule has 3 N–H and O–H groups in total. The zero-order chi connectivity index (χ0) is 22.3. The molecule has 12 nitrogen and oxygen atoms in total. The number of aliphatic hydroxyl groups is 2. The maximum Gasteiger partial charge on any atom is 0.410 e. The van der Waals surface area contributed by atoms with Gasteiger partial charge >= 0.3 is 6.09 Å². The van der Waals surface area contributed by atoms with Crippen LogP contribution in [0.1, 0.15) is 47.5 Å². The molecule has 12 heteroatoms. The minimum absolute atomic E-state index is 0.173. The maximum atomic E-state index is 11.9. The van der Waals surface area contributed by atoms with E-state index in [2.05, 4.69) is 25.4 Å². The standard InChI is InChI=1S/C11H20N4O3.C6H12N4O/c1-10(2,3)18-9(16)15-6-5-11(4,17)8(7-15)13-14-12;1-6(11)2-3-8-4-5(6)9-10-7/h8,17H,5-7H2,1-4H3;5,8,11H,2-4H2,1H3. The number of piperidine rings is 2. The Morgan fingerprint density at radius 1 is 1.14 bits per heavy atom. The normalized spacial score (nSPS) is 32.0. The van der Waals surface area contributed by atoms with Crippen LogP contribution in [0.4, 0.5) is 4.79 Å². The van der Waals surface area contributed by atoms with E-state index in [1.54, 1.807) is 34.6 Å². The van der Waals surface area contributed by atoms with E-state index in [4.69, 9.17) is 15.8 Å². The van der Waals surface area contributed by atoms with Gasteiger partial charge in [-0.05, 0) is 65.1 Å². The second-order valence-corrected chi connectivity index (χ2v) is 8.79. The van der Waals surface area contributed by atoms with Gasteiger partial charge < -0.3 is 25.2 Å². The summed E-state index contributed by atoms with van der Waals surface area (Å²) in [7, 11) is 0. The fraction of sp³-hybridized carbons (Fsp3) is 0.941. The third kappa shape index (κ3) is 7.96. The lowest BCUT2D eigenvalue weighted by Gasteiger charge is -2.40. The predicted molar refractivity (Wildman–Crippen MR) is 107 cm³/mol. The van der Waals surface area contributed by atoms with E-state index < -0.39 is 28.9 Å². The number of nitrogens with zero attached hydrogens (tertiary/aromatic N) is 7. The van der Waals surface area contributed by atoms with Gasteiger partial charge in [-0.3, -0.25) is 0 Å². The van der Waals surface area contributed by atoms with E-state index in [9.17, 15) is 15.0 Å². The molecular formula is C17H32N8O4. The van der Waals surface area contributed by atoms with Crippen molar-refractivity contribution in [1.82, 2.24) is 10.2 Å². The fourth-order valence-electron chi connectivity index (χ4n) is 2.93. The minimum Gasteiger partial charge on any atom is -0.444 e. The number of carbonyl (C=O) groups excluding carboxylic acids is 1. The number of amides is 1. The van der Waals surface area contributed by atoms with Gasteiger partial charge in [-0.15, -0.1) is 0 Å². The Balaban J connectivity index is 0.000000326. The molecule has 0 aliphatic carbocycles. The first-order chi connectivity index (χ1) is 13.3. The van der Waals surface area contributed by atoms with Crippen molar-refractivity contribution in [1.29, 1.82) is 0 Å². The van der Waals surface area contributed by atoms with Crippen LogP contribution in [0.5, 0.6) is 0 Å². The van der Waals surface area contributed by atoms with Crippen molar-refractivity contribution in [2.45, 2.75) is 76.3 Å². The molecule has 0 aromatic carbocycles. The van der Waals surface area contributed by atoms with E-state index in [1.165, 1.54) is 4.90 Å². The topological polar surface area (TPSA) is 180 Å². The lowest BCUT2D eigenvalue weighted by atomic mass is 9.89. The Bertz CT molecular complexity index is 663. The molecule has 4 atom stereocenters. The van der Waals surface area contributed by atoms with Crippen LogP contribution >= 0.6 is 0 Å². The molecule has 0 spiro atoms. The summed E-state index contributed by atoms with van der Waals surface area (Å²) in [6, 6.07) is -0.981. The molecule has 2 saturated heterocycles. The van der Waals surface area contributed by atoms with Crippen molar-refractivity contribution in [3.05, 3.63) is 20.9 Å². The molecule has 2 aliphatic heterocycles. The lowest BCUT2D eigenvalue weighted by molar-refractivity contribution is -0.0342. The Kier molecular flexibility index (Phi) is 8.55. The molecule has 0 saturated carbocycles. The summed E-state index contributed by atoms with van der Waals surface area (Å²) in [6.45, 7) is 10.6. The van der Waals surface area contributed by atoms with Crippen molar-refractivity contribution < 1.29 is 19.7 Å². The first-order valence-electron chi connectivity index (χ1n) is 9.54. The summed E-state index contributed by atoms with van der Waals surface area (Å²) in [6.07, 6.45) is 0.545. The molecule has 0 aromatic heterocycles. The number of nitrogens with one attached hydrogen (secondary N) is 1. The van der Waals surface area contributed by atoms with E-state index in [-0.39, 0.29) is 12.6 Å². The van der Waals surface area contributed by atoms with E-state index >= 15 is 0 Å². The highest BCUT2D eigenvalue weighted by Crippen LogP contribution is 2.26. The molecule has 2 rings (SSSR count). The van der Waals surface area contributed by atoms with Crippen LogP contribution < -0.4 is 5.32 Å². The monoisotopic (exact) mass is 412 g/mol. The van der Waals surface area contributed by atoms with Crippen molar-refractivity contribution in [2.75, 3.05) is 26.2 Å². The number of rotatable bonds is 2. The van der Waals surface area contributed by atoms with E-state index in [0.29, 0.717) is 25.9 Å². The molecule has 2 aliphatic rings. The number of likely N-dealkylation sites (tertiary alicyclic amines) is 1. The van der Waals surface area contributed by atoms with Crippen LogP contribution in [0.2, 0.25) is 0 Å². The van der Waals surface area contributed by atoms with Crippen LogP contribution in [0.3, 0.4) is 0 Å². The van der Waals surface area contributed by atoms with Gasteiger partial charge in [0, 0.05) is 29.5 Å². The number of carbonyl (C=O) groups is 1.